The quantitative estimate of drug-likeness (QED) is 0.144. The predicted octanol–water partition coefficient (Wildman–Crippen LogP) is 5.61. The number of hydrogen-bond donors (Lipinski definition) is 2. The van der Waals surface area contributed by atoms with Crippen molar-refractivity contribution in [2.75, 3.05) is 12.4 Å². The van der Waals surface area contributed by atoms with Gasteiger partial charge in [-0.15, -0.1) is 24.0 Å². The van der Waals surface area contributed by atoms with E-state index < -0.39 is 17.7 Å². The molecule has 2 N–H and O–H groups in total. The molecule has 0 radical (unpaired) electrons. The zero-order valence-electron chi connectivity index (χ0n) is 20.8. The lowest BCUT2D eigenvalue weighted by atomic mass is 10.1. The number of imidazole rings is 1. The van der Waals surface area contributed by atoms with E-state index >= 15 is 0 Å². The number of nitrogens with zero attached hydrogens (tertiary/aromatic N) is 6. The standard InChI is InChI=1S/C25H22F4N8O.HI/c1-37-11-18(25(27,28)29)35-23(37)14-5-6-15(17(26)7-14)9-31-21-16(8-30)10-32-22(36-21)19-20(13-3-4-13)33-12-34-24(19)38-2;/h5-8,10-13,30H,3-4,9H2,1-2H3,(H,31,32,36);1H. The van der Waals surface area contributed by atoms with Crippen molar-refractivity contribution < 1.29 is 22.3 Å². The van der Waals surface area contributed by atoms with E-state index in [4.69, 9.17) is 10.1 Å². The second-order valence-corrected chi connectivity index (χ2v) is 8.78. The summed E-state index contributed by atoms with van der Waals surface area (Å²) in [6.45, 7) is -0.00429. The molecule has 1 aliphatic carbocycles. The van der Waals surface area contributed by atoms with E-state index in [1.807, 2.05) is 0 Å². The molecule has 1 fully saturated rings. The molecule has 4 aromatic rings. The number of rotatable bonds is 8. The van der Waals surface area contributed by atoms with Crippen molar-refractivity contribution in [1.82, 2.24) is 29.5 Å². The summed E-state index contributed by atoms with van der Waals surface area (Å²) >= 11 is 0. The molecule has 0 atom stereocenters. The van der Waals surface area contributed by atoms with Crippen molar-refractivity contribution >= 4 is 36.0 Å². The fourth-order valence-electron chi connectivity index (χ4n) is 4.05. The van der Waals surface area contributed by atoms with Crippen molar-refractivity contribution in [3.05, 3.63) is 65.3 Å². The van der Waals surface area contributed by atoms with Gasteiger partial charge in [0.2, 0.25) is 5.88 Å². The predicted molar refractivity (Wildman–Crippen MR) is 146 cm³/mol. The molecule has 1 aromatic carbocycles. The molecule has 0 aliphatic heterocycles. The van der Waals surface area contributed by atoms with Gasteiger partial charge in [-0.05, 0) is 18.9 Å². The van der Waals surface area contributed by atoms with Crippen LogP contribution in [-0.4, -0.2) is 42.8 Å². The molecule has 0 amide bonds. The first-order valence-electron chi connectivity index (χ1n) is 11.6. The lowest BCUT2D eigenvalue weighted by Crippen LogP contribution is -2.09. The fraction of sp³-hybridized carbons (Fsp3) is 0.280. The third kappa shape index (κ3) is 5.84. The van der Waals surface area contributed by atoms with Gasteiger partial charge in [-0.1, -0.05) is 12.1 Å². The first-order chi connectivity index (χ1) is 18.2. The van der Waals surface area contributed by atoms with E-state index in [2.05, 4.69) is 30.2 Å². The molecule has 5 rings (SSSR count). The Kier molecular flexibility index (Phi) is 8.13. The summed E-state index contributed by atoms with van der Waals surface area (Å²) in [4.78, 5) is 21.1. The van der Waals surface area contributed by atoms with E-state index in [0.717, 1.165) is 37.0 Å². The molecule has 0 saturated heterocycles. The third-order valence-electron chi connectivity index (χ3n) is 6.12. The van der Waals surface area contributed by atoms with E-state index in [1.165, 1.54) is 43.4 Å². The maximum absolute atomic E-state index is 15.0. The Morgan fingerprint density at radius 1 is 1.18 bits per heavy atom. The summed E-state index contributed by atoms with van der Waals surface area (Å²) in [7, 11) is 2.91. The Bertz CT molecular complexity index is 1520. The first kappa shape index (κ1) is 28.3. The molecular weight excluding hydrogens is 631 g/mol. The van der Waals surface area contributed by atoms with Crippen LogP contribution in [0.3, 0.4) is 0 Å². The molecule has 9 nitrogen and oxygen atoms in total. The van der Waals surface area contributed by atoms with E-state index in [-0.39, 0.29) is 53.4 Å². The van der Waals surface area contributed by atoms with Crippen molar-refractivity contribution in [1.29, 1.82) is 5.41 Å². The second-order valence-electron chi connectivity index (χ2n) is 8.78. The van der Waals surface area contributed by atoms with Crippen LogP contribution in [0.2, 0.25) is 0 Å². The van der Waals surface area contributed by atoms with E-state index in [0.29, 0.717) is 28.6 Å². The minimum absolute atomic E-state index is 0. The Balaban J connectivity index is 0.00000353. The average molecular weight is 654 g/mol. The highest BCUT2D eigenvalue weighted by Gasteiger charge is 2.35. The molecule has 1 aliphatic rings. The molecule has 0 spiro atoms. The van der Waals surface area contributed by atoms with Gasteiger partial charge < -0.3 is 20.0 Å². The lowest BCUT2D eigenvalue weighted by Gasteiger charge is -2.14. The second kappa shape index (κ2) is 11.2. The van der Waals surface area contributed by atoms with E-state index in [1.54, 1.807) is 0 Å². The minimum Gasteiger partial charge on any atom is -0.480 e. The highest BCUT2D eigenvalue weighted by atomic mass is 127. The summed E-state index contributed by atoms with van der Waals surface area (Å²) < 4.78 is 60.6. The van der Waals surface area contributed by atoms with Crippen LogP contribution in [0.1, 0.15) is 41.3 Å². The Hall–Kier alpha value is -3.69. The molecule has 204 valence electrons. The summed E-state index contributed by atoms with van der Waals surface area (Å²) in [5.41, 5.74) is 1.13. The molecule has 1 saturated carbocycles. The van der Waals surface area contributed by atoms with Crippen molar-refractivity contribution in [3.63, 3.8) is 0 Å². The van der Waals surface area contributed by atoms with E-state index in [9.17, 15) is 17.6 Å². The maximum Gasteiger partial charge on any atom is 0.434 e. The molecule has 0 bridgehead atoms. The summed E-state index contributed by atoms with van der Waals surface area (Å²) in [5, 5.41) is 10.7. The molecule has 14 heteroatoms. The largest absolute Gasteiger partial charge is 0.480 e. The molecule has 3 aromatic heterocycles. The maximum atomic E-state index is 15.0. The van der Waals surface area contributed by atoms with Gasteiger partial charge in [0, 0.05) is 49.2 Å². The lowest BCUT2D eigenvalue weighted by molar-refractivity contribution is -0.140. The van der Waals surface area contributed by atoms with Gasteiger partial charge in [0.05, 0.1) is 18.4 Å². The van der Waals surface area contributed by atoms with Gasteiger partial charge in [0.1, 0.15) is 29.4 Å². The first-order valence-corrected chi connectivity index (χ1v) is 11.6. The highest BCUT2D eigenvalue weighted by molar-refractivity contribution is 14.0. The van der Waals surface area contributed by atoms with Crippen molar-refractivity contribution in [2.45, 2.75) is 31.5 Å². The topological polar surface area (TPSA) is 114 Å². The third-order valence-corrected chi connectivity index (χ3v) is 6.12. The van der Waals surface area contributed by atoms with Crippen LogP contribution in [0.4, 0.5) is 23.4 Å². The highest BCUT2D eigenvalue weighted by Crippen LogP contribution is 2.45. The van der Waals surface area contributed by atoms with Crippen LogP contribution in [0.5, 0.6) is 5.88 Å². The minimum atomic E-state index is -4.60. The van der Waals surface area contributed by atoms with Gasteiger partial charge in [-0.2, -0.15) is 13.2 Å². The number of halogens is 5. The van der Waals surface area contributed by atoms with Crippen LogP contribution >= 0.6 is 24.0 Å². The number of nitrogens with one attached hydrogen (secondary N) is 2. The Morgan fingerprint density at radius 3 is 2.56 bits per heavy atom. The van der Waals surface area contributed by atoms with Gasteiger partial charge in [-0.3, -0.25) is 0 Å². The summed E-state index contributed by atoms with van der Waals surface area (Å²) in [6, 6.07) is 4.10. The average Bonchev–Trinajstić information content (AvgIpc) is 3.67. The SMILES string of the molecule is COc1ncnc(C2CC2)c1-c1ncc(C=N)c(NCc2ccc(-c3nc(C(F)(F)F)cn3C)cc2F)n1.I. The molecule has 39 heavy (non-hydrogen) atoms. The summed E-state index contributed by atoms with van der Waals surface area (Å²) in [5.74, 6) is 0.561. The van der Waals surface area contributed by atoms with Gasteiger partial charge >= 0.3 is 6.18 Å². The van der Waals surface area contributed by atoms with Crippen LogP contribution in [0.25, 0.3) is 22.8 Å². The number of aromatic nitrogens is 6. The normalized spacial score (nSPS) is 13.1. The molecular formula is C25H23F4IN8O. The van der Waals surface area contributed by atoms with Crippen LogP contribution in [-0.2, 0) is 19.8 Å². The number of ether oxygens (including phenoxy) is 1. The van der Waals surface area contributed by atoms with Gasteiger partial charge in [-0.25, -0.2) is 29.3 Å². The van der Waals surface area contributed by atoms with Crippen molar-refractivity contribution in [2.24, 2.45) is 7.05 Å². The van der Waals surface area contributed by atoms with Crippen LogP contribution in [0, 0.1) is 11.2 Å². The number of aryl methyl sites for hydroxylation is 1. The summed E-state index contributed by atoms with van der Waals surface area (Å²) in [6.07, 6.45) is 2.21. The number of hydrogen-bond acceptors (Lipinski definition) is 8. The Labute approximate surface area is 237 Å². The fourth-order valence-corrected chi connectivity index (χ4v) is 4.05. The molecule has 0 unspecified atom stereocenters. The Morgan fingerprint density at radius 2 is 1.95 bits per heavy atom. The number of alkyl halides is 3. The number of benzene rings is 1. The monoisotopic (exact) mass is 654 g/mol. The molecule has 3 heterocycles. The smallest absolute Gasteiger partial charge is 0.434 e. The van der Waals surface area contributed by atoms with Crippen LogP contribution in [0.15, 0.2) is 36.9 Å². The number of methoxy groups -OCH3 is 1. The van der Waals surface area contributed by atoms with Gasteiger partial charge in [0.15, 0.2) is 11.5 Å². The number of anilines is 1. The van der Waals surface area contributed by atoms with Crippen molar-refractivity contribution in [3.8, 4) is 28.7 Å². The zero-order valence-corrected chi connectivity index (χ0v) is 23.1. The van der Waals surface area contributed by atoms with Crippen LogP contribution < -0.4 is 10.1 Å². The zero-order chi connectivity index (χ0) is 27.0. The van der Waals surface area contributed by atoms with Gasteiger partial charge in [0.25, 0.3) is 0 Å².